The van der Waals surface area contributed by atoms with Gasteiger partial charge in [0.2, 0.25) is 0 Å². The van der Waals surface area contributed by atoms with Crippen LogP contribution in [0.15, 0.2) is 48.5 Å². The first-order valence-electron chi connectivity index (χ1n) is 6.47. The van der Waals surface area contributed by atoms with Crippen LogP contribution in [0.25, 0.3) is 11.1 Å². The Kier molecular flexibility index (Phi) is 4.71. The lowest BCUT2D eigenvalue weighted by atomic mass is 10.0. The fourth-order valence-corrected chi connectivity index (χ4v) is 1.98. The van der Waals surface area contributed by atoms with E-state index in [0.29, 0.717) is 13.0 Å². The van der Waals surface area contributed by atoms with Crippen molar-refractivity contribution in [1.29, 1.82) is 0 Å². The SMILES string of the molecule is O=C(O)CCCNc1ccccc1-c1ccc(F)cc1. The van der Waals surface area contributed by atoms with Gasteiger partial charge in [-0.15, -0.1) is 0 Å². The fraction of sp³-hybridized carbons (Fsp3) is 0.188. The van der Waals surface area contributed by atoms with E-state index in [2.05, 4.69) is 5.32 Å². The molecular weight excluding hydrogens is 257 g/mol. The molecule has 2 aromatic rings. The zero-order chi connectivity index (χ0) is 14.4. The highest BCUT2D eigenvalue weighted by molar-refractivity contribution is 5.77. The zero-order valence-electron chi connectivity index (χ0n) is 11.0. The number of carbonyl (C=O) groups is 1. The molecule has 0 fully saturated rings. The van der Waals surface area contributed by atoms with Gasteiger partial charge in [-0.25, -0.2) is 4.39 Å². The summed E-state index contributed by atoms with van der Waals surface area (Å²) in [5.74, 6) is -1.06. The van der Waals surface area contributed by atoms with E-state index in [1.54, 1.807) is 12.1 Å². The van der Waals surface area contributed by atoms with Crippen LogP contribution < -0.4 is 5.32 Å². The van der Waals surface area contributed by atoms with Gasteiger partial charge in [0.25, 0.3) is 0 Å². The molecule has 0 unspecified atom stereocenters. The van der Waals surface area contributed by atoms with Gasteiger partial charge in [0.1, 0.15) is 5.82 Å². The van der Waals surface area contributed by atoms with Gasteiger partial charge in [-0.2, -0.15) is 0 Å². The van der Waals surface area contributed by atoms with Gasteiger partial charge >= 0.3 is 5.97 Å². The minimum atomic E-state index is -0.793. The molecule has 0 aliphatic rings. The van der Waals surface area contributed by atoms with E-state index in [9.17, 15) is 9.18 Å². The van der Waals surface area contributed by atoms with E-state index in [1.807, 2.05) is 24.3 Å². The van der Waals surface area contributed by atoms with E-state index in [4.69, 9.17) is 5.11 Å². The molecule has 0 aliphatic carbocycles. The molecule has 0 bridgehead atoms. The molecule has 104 valence electrons. The summed E-state index contributed by atoms with van der Waals surface area (Å²) in [7, 11) is 0. The Hall–Kier alpha value is -2.36. The summed E-state index contributed by atoms with van der Waals surface area (Å²) in [6, 6.07) is 14.0. The first-order valence-corrected chi connectivity index (χ1v) is 6.47. The number of hydrogen-bond acceptors (Lipinski definition) is 2. The average Bonchev–Trinajstić information content (AvgIpc) is 2.45. The molecule has 0 saturated heterocycles. The molecule has 20 heavy (non-hydrogen) atoms. The predicted octanol–water partition coefficient (Wildman–Crippen LogP) is 3.77. The molecule has 2 rings (SSSR count). The van der Waals surface area contributed by atoms with Gasteiger partial charge in [-0.1, -0.05) is 30.3 Å². The lowest BCUT2D eigenvalue weighted by molar-refractivity contribution is -0.137. The number of benzene rings is 2. The van der Waals surface area contributed by atoms with Crippen LogP contribution in [0.4, 0.5) is 10.1 Å². The van der Waals surface area contributed by atoms with Crippen LogP contribution in [0.1, 0.15) is 12.8 Å². The van der Waals surface area contributed by atoms with Gasteiger partial charge in [-0.3, -0.25) is 4.79 Å². The number of halogens is 1. The summed E-state index contributed by atoms with van der Waals surface area (Å²) in [6.07, 6.45) is 0.707. The van der Waals surface area contributed by atoms with Crippen LogP contribution >= 0.6 is 0 Å². The number of rotatable bonds is 6. The van der Waals surface area contributed by atoms with Gasteiger partial charge in [-0.05, 0) is 30.2 Å². The van der Waals surface area contributed by atoms with Crippen molar-refractivity contribution in [2.45, 2.75) is 12.8 Å². The number of carboxylic acid groups (broad SMARTS) is 1. The van der Waals surface area contributed by atoms with E-state index in [-0.39, 0.29) is 12.2 Å². The van der Waals surface area contributed by atoms with Crippen LogP contribution in [-0.2, 0) is 4.79 Å². The Labute approximate surface area is 117 Å². The molecule has 0 atom stereocenters. The number of anilines is 1. The Balaban J connectivity index is 2.10. The number of aliphatic carboxylic acids is 1. The maximum absolute atomic E-state index is 13.0. The quantitative estimate of drug-likeness (QED) is 0.788. The second-order valence-corrected chi connectivity index (χ2v) is 4.48. The lowest BCUT2D eigenvalue weighted by Crippen LogP contribution is -2.05. The molecule has 0 spiro atoms. The molecule has 0 radical (unpaired) electrons. The van der Waals surface area contributed by atoms with E-state index < -0.39 is 5.97 Å². The zero-order valence-corrected chi connectivity index (χ0v) is 11.0. The van der Waals surface area contributed by atoms with Crippen molar-refractivity contribution < 1.29 is 14.3 Å². The van der Waals surface area contributed by atoms with E-state index in [0.717, 1.165) is 16.8 Å². The average molecular weight is 273 g/mol. The van der Waals surface area contributed by atoms with Crippen LogP contribution in [0, 0.1) is 5.82 Å². The molecule has 0 aliphatic heterocycles. The molecule has 4 heteroatoms. The van der Waals surface area contributed by atoms with Crippen molar-refractivity contribution in [2.75, 3.05) is 11.9 Å². The third kappa shape index (κ3) is 3.82. The number of hydrogen-bond donors (Lipinski definition) is 2. The maximum Gasteiger partial charge on any atom is 0.303 e. The van der Waals surface area contributed by atoms with Crippen molar-refractivity contribution in [3.8, 4) is 11.1 Å². The second-order valence-electron chi connectivity index (χ2n) is 4.48. The van der Waals surface area contributed by atoms with Gasteiger partial charge in [0, 0.05) is 24.2 Å². The van der Waals surface area contributed by atoms with Crippen molar-refractivity contribution in [1.82, 2.24) is 0 Å². The number of para-hydroxylation sites is 1. The highest BCUT2D eigenvalue weighted by Crippen LogP contribution is 2.27. The van der Waals surface area contributed by atoms with Gasteiger partial charge in [0.15, 0.2) is 0 Å². The number of nitrogens with one attached hydrogen (secondary N) is 1. The Morgan fingerprint density at radius 1 is 1.10 bits per heavy atom. The summed E-state index contributed by atoms with van der Waals surface area (Å²) in [6.45, 7) is 0.588. The van der Waals surface area contributed by atoms with Crippen LogP contribution in [0.5, 0.6) is 0 Å². The van der Waals surface area contributed by atoms with Crippen LogP contribution in [0.2, 0.25) is 0 Å². The van der Waals surface area contributed by atoms with Crippen LogP contribution in [0.3, 0.4) is 0 Å². The minimum Gasteiger partial charge on any atom is -0.481 e. The Morgan fingerprint density at radius 2 is 1.80 bits per heavy atom. The van der Waals surface area contributed by atoms with Crippen molar-refractivity contribution >= 4 is 11.7 Å². The summed E-state index contributed by atoms with van der Waals surface area (Å²) < 4.78 is 13.0. The van der Waals surface area contributed by atoms with Crippen molar-refractivity contribution in [2.24, 2.45) is 0 Å². The summed E-state index contributed by atoms with van der Waals surface area (Å²) >= 11 is 0. The predicted molar refractivity (Wildman–Crippen MR) is 77.2 cm³/mol. The topological polar surface area (TPSA) is 49.3 Å². The second kappa shape index (κ2) is 6.70. The third-order valence-corrected chi connectivity index (χ3v) is 2.97. The summed E-state index contributed by atoms with van der Waals surface area (Å²) in [5.41, 5.74) is 2.82. The normalized spacial score (nSPS) is 10.2. The summed E-state index contributed by atoms with van der Waals surface area (Å²) in [5, 5.41) is 11.8. The van der Waals surface area contributed by atoms with Gasteiger partial charge < -0.3 is 10.4 Å². The third-order valence-electron chi connectivity index (χ3n) is 2.97. The molecule has 0 heterocycles. The molecule has 2 N–H and O–H groups in total. The minimum absolute atomic E-state index is 0.145. The molecular formula is C16H16FNO2. The first-order chi connectivity index (χ1) is 9.66. The van der Waals surface area contributed by atoms with E-state index >= 15 is 0 Å². The first kappa shape index (κ1) is 14.1. The fourth-order valence-electron chi connectivity index (χ4n) is 1.98. The molecule has 3 nitrogen and oxygen atoms in total. The maximum atomic E-state index is 13.0. The molecule has 0 saturated carbocycles. The standard InChI is InChI=1S/C16H16FNO2/c17-13-9-7-12(8-10-13)14-4-1-2-5-15(14)18-11-3-6-16(19)20/h1-2,4-5,7-10,18H,3,6,11H2,(H,19,20). The Bertz CT molecular complexity index is 581. The van der Waals surface area contributed by atoms with E-state index in [1.165, 1.54) is 12.1 Å². The number of carboxylic acids is 1. The highest BCUT2D eigenvalue weighted by atomic mass is 19.1. The molecule has 0 aromatic heterocycles. The van der Waals surface area contributed by atoms with Crippen molar-refractivity contribution in [3.63, 3.8) is 0 Å². The Morgan fingerprint density at radius 3 is 2.50 bits per heavy atom. The lowest BCUT2D eigenvalue weighted by Gasteiger charge is -2.11. The van der Waals surface area contributed by atoms with Crippen molar-refractivity contribution in [3.05, 3.63) is 54.3 Å². The summed E-state index contributed by atoms with van der Waals surface area (Å²) in [4.78, 5) is 10.5. The molecule has 0 amide bonds. The van der Waals surface area contributed by atoms with Gasteiger partial charge in [0.05, 0.1) is 0 Å². The monoisotopic (exact) mass is 273 g/mol. The van der Waals surface area contributed by atoms with Crippen LogP contribution in [-0.4, -0.2) is 17.6 Å². The highest BCUT2D eigenvalue weighted by Gasteiger charge is 2.04. The smallest absolute Gasteiger partial charge is 0.303 e. The molecule has 2 aromatic carbocycles. The largest absolute Gasteiger partial charge is 0.481 e.